The number of rotatable bonds is 6. The number of amides is 1. The number of nitrogens with zero attached hydrogens (tertiary/aromatic N) is 2. The van der Waals surface area contributed by atoms with Crippen molar-refractivity contribution in [3.05, 3.63) is 35.9 Å². The molecule has 0 aliphatic heterocycles. The van der Waals surface area contributed by atoms with Gasteiger partial charge in [-0.15, -0.1) is 0 Å². The monoisotopic (exact) mass is 370 g/mol. The molecule has 1 fully saturated rings. The summed E-state index contributed by atoms with van der Waals surface area (Å²) in [4.78, 5) is 16.3. The van der Waals surface area contributed by atoms with Gasteiger partial charge in [-0.2, -0.15) is 5.26 Å². The predicted molar refractivity (Wildman–Crippen MR) is 107 cm³/mol. The number of nitriles is 1. The molecule has 1 aliphatic carbocycles. The largest absolute Gasteiger partial charge is 0.354 e. The number of guanidine groups is 1. The molecule has 7 nitrogen and oxygen atoms in total. The maximum Gasteiger partial charge on any atom is 0.236 e. The smallest absolute Gasteiger partial charge is 0.236 e. The molecule has 0 aromatic heterocycles. The predicted octanol–water partition coefficient (Wildman–Crippen LogP) is 1.24. The Balaban J connectivity index is 2.08. The minimum absolute atomic E-state index is 0.0201. The van der Waals surface area contributed by atoms with Gasteiger partial charge in [-0.1, -0.05) is 30.3 Å². The van der Waals surface area contributed by atoms with E-state index in [0.717, 1.165) is 25.7 Å². The van der Waals surface area contributed by atoms with Crippen molar-refractivity contribution < 1.29 is 4.79 Å². The highest BCUT2D eigenvalue weighted by atomic mass is 16.2. The third-order valence-electron chi connectivity index (χ3n) is 5.49. The van der Waals surface area contributed by atoms with Gasteiger partial charge < -0.3 is 16.0 Å². The SMILES string of the molecule is CN=C(NC#N)NC1CCC(CNC(=O)[C@@H](C)NC)(c2ccccc2)CC1. The fourth-order valence-corrected chi connectivity index (χ4v) is 3.62. The molecule has 0 spiro atoms. The highest BCUT2D eigenvalue weighted by Gasteiger charge is 2.37. The summed E-state index contributed by atoms with van der Waals surface area (Å²) >= 11 is 0. The van der Waals surface area contributed by atoms with Crippen LogP contribution < -0.4 is 21.3 Å². The third-order valence-corrected chi connectivity index (χ3v) is 5.49. The summed E-state index contributed by atoms with van der Waals surface area (Å²) in [5.74, 6) is 0.525. The van der Waals surface area contributed by atoms with Crippen LogP contribution in [0.15, 0.2) is 35.3 Å². The lowest BCUT2D eigenvalue weighted by Gasteiger charge is -2.41. The van der Waals surface area contributed by atoms with Crippen LogP contribution in [0, 0.1) is 11.5 Å². The molecule has 0 unspecified atom stereocenters. The normalized spacial score (nSPS) is 23.8. The molecule has 1 saturated carbocycles. The van der Waals surface area contributed by atoms with Crippen molar-refractivity contribution in [3.8, 4) is 6.19 Å². The fourth-order valence-electron chi connectivity index (χ4n) is 3.62. The molecule has 1 aromatic rings. The lowest BCUT2D eigenvalue weighted by atomic mass is 9.68. The first-order chi connectivity index (χ1) is 13.0. The summed E-state index contributed by atoms with van der Waals surface area (Å²) in [5.41, 5.74) is 1.19. The zero-order chi connectivity index (χ0) is 19.7. The van der Waals surface area contributed by atoms with E-state index in [1.165, 1.54) is 5.56 Å². The number of carbonyl (C=O) groups is 1. The van der Waals surface area contributed by atoms with Gasteiger partial charge in [-0.3, -0.25) is 15.1 Å². The number of carbonyl (C=O) groups excluding carboxylic acids is 1. The van der Waals surface area contributed by atoms with Crippen molar-refractivity contribution in [1.29, 1.82) is 5.26 Å². The molecule has 0 bridgehead atoms. The summed E-state index contributed by atoms with van der Waals surface area (Å²) < 4.78 is 0. The first-order valence-electron chi connectivity index (χ1n) is 9.43. The summed E-state index contributed by atoms with van der Waals surface area (Å²) in [6.45, 7) is 2.49. The summed E-state index contributed by atoms with van der Waals surface area (Å²) in [6, 6.07) is 10.5. The summed E-state index contributed by atoms with van der Waals surface area (Å²) in [5, 5.41) is 20.8. The molecular formula is C20H30N6O. The van der Waals surface area contributed by atoms with Gasteiger partial charge in [0.1, 0.15) is 0 Å². The molecular weight excluding hydrogens is 340 g/mol. The number of likely N-dealkylation sites (N-methyl/N-ethyl adjacent to an activating group) is 1. The number of hydrogen-bond acceptors (Lipinski definition) is 4. The van der Waals surface area contributed by atoms with Gasteiger partial charge in [0.05, 0.1) is 6.04 Å². The van der Waals surface area contributed by atoms with Gasteiger partial charge in [0.2, 0.25) is 11.9 Å². The topological polar surface area (TPSA) is 101 Å². The van der Waals surface area contributed by atoms with Gasteiger partial charge in [0, 0.05) is 25.0 Å². The van der Waals surface area contributed by atoms with E-state index in [1.807, 2.05) is 19.2 Å². The number of nitrogens with one attached hydrogen (secondary N) is 4. The van der Waals surface area contributed by atoms with E-state index in [4.69, 9.17) is 5.26 Å². The van der Waals surface area contributed by atoms with E-state index in [-0.39, 0.29) is 23.4 Å². The van der Waals surface area contributed by atoms with Crippen molar-refractivity contribution >= 4 is 11.9 Å². The minimum Gasteiger partial charge on any atom is -0.354 e. The van der Waals surface area contributed by atoms with Crippen molar-refractivity contribution in [1.82, 2.24) is 21.3 Å². The van der Waals surface area contributed by atoms with Crippen LogP contribution in [-0.4, -0.2) is 44.6 Å². The Morgan fingerprint density at radius 3 is 2.56 bits per heavy atom. The molecule has 27 heavy (non-hydrogen) atoms. The van der Waals surface area contributed by atoms with Crippen LogP contribution in [-0.2, 0) is 10.2 Å². The van der Waals surface area contributed by atoms with Gasteiger partial charge in [0.25, 0.3) is 0 Å². The maximum absolute atomic E-state index is 12.3. The molecule has 1 aliphatic rings. The lowest BCUT2D eigenvalue weighted by molar-refractivity contribution is -0.123. The second-order valence-corrected chi connectivity index (χ2v) is 7.10. The Morgan fingerprint density at radius 1 is 1.33 bits per heavy atom. The average molecular weight is 371 g/mol. The van der Waals surface area contributed by atoms with Crippen molar-refractivity contribution in [2.24, 2.45) is 4.99 Å². The molecule has 0 radical (unpaired) electrons. The van der Waals surface area contributed by atoms with E-state index in [1.54, 1.807) is 14.1 Å². The quantitative estimate of drug-likeness (QED) is 0.261. The van der Waals surface area contributed by atoms with Crippen molar-refractivity contribution in [3.63, 3.8) is 0 Å². The van der Waals surface area contributed by atoms with Gasteiger partial charge in [-0.25, -0.2) is 0 Å². The first-order valence-corrected chi connectivity index (χ1v) is 9.43. The lowest BCUT2D eigenvalue weighted by Crippen LogP contribution is -2.51. The van der Waals surface area contributed by atoms with Crippen LogP contribution in [0.1, 0.15) is 38.2 Å². The zero-order valence-corrected chi connectivity index (χ0v) is 16.4. The van der Waals surface area contributed by atoms with Crippen molar-refractivity contribution in [2.75, 3.05) is 20.6 Å². The van der Waals surface area contributed by atoms with Gasteiger partial charge in [0.15, 0.2) is 6.19 Å². The minimum atomic E-state index is -0.212. The second-order valence-electron chi connectivity index (χ2n) is 7.10. The molecule has 146 valence electrons. The summed E-state index contributed by atoms with van der Waals surface area (Å²) in [6.07, 6.45) is 5.69. The van der Waals surface area contributed by atoms with Crippen molar-refractivity contribution in [2.45, 2.75) is 50.1 Å². The second kappa shape index (κ2) is 9.93. The molecule has 1 atom stereocenters. The first kappa shape index (κ1) is 20.7. The van der Waals surface area contributed by atoms with Crippen LogP contribution in [0.5, 0.6) is 0 Å². The number of aliphatic imine (C=N–C) groups is 1. The highest BCUT2D eigenvalue weighted by molar-refractivity contribution is 5.81. The van der Waals surface area contributed by atoms with Crippen LogP contribution >= 0.6 is 0 Å². The molecule has 2 rings (SSSR count). The standard InChI is InChI=1S/C20H30N6O/c1-15(22-2)18(27)24-13-20(16-7-5-4-6-8-16)11-9-17(10-12-20)26-19(23-3)25-14-21/h4-8,15,17,22H,9-13H2,1-3H3,(H,24,27)(H2,23,25,26)/t15-,17?,20?/m1/s1. The maximum atomic E-state index is 12.3. The molecule has 0 heterocycles. The van der Waals surface area contributed by atoms with Crippen LogP contribution in [0.3, 0.4) is 0 Å². The Kier molecular flexibility index (Phi) is 7.62. The van der Waals surface area contributed by atoms with Crippen LogP contribution in [0.2, 0.25) is 0 Å². The Morgan fingerprint density at radius 2 is 2.00 bits per heavy atom. The van der Waals surface area contributed by atoms with Gasteiger partial charge >= 0.3 is 0 Å². The van der Waals surface area contributed by atoms with E-state index in [9.17, 15) is 4.79 Å². The number of benzene rings is 1. The Hall–Kier alpha value is -2.59. The van der Waals surface area contributed by atoms with E-state index < -0.39 is 0 Å². The van der Waals surface area contributed by atoms with Crippen LogP contribution in [0.25, 0.3) is 0 Å². The Bertz CT molecular complexity index is 673. The van der Waals surface area contributed by atoms with E-state index in [2.05, 4.69) is 50.5 Å². The highest BCUT2D eigenvalue weighted by Crippen LogP contribution is 2.39. The van der Waals surface area contributed by atoms with Crippen LogP contribution in [0.4, 0.5) is 0 Å². The zero-order valence-electron chi connectivity index (χ0n) is 16.4. The number of hydrogen-bond donors (Lipinski definition) is 4. The molecule has 0 saturated heterocycles. The average Bonchev–Trinajstić information content (AvgIpc) is 2.72. The fraction of sp³-hybridized carbons (Fsp3) is 0.550. The Labute approximate surface area is 161 Å². The van der Waals surface area contributed by atoms with Gasteiger partial charge in [-0.05, 0) is 45.2 Å². The molecule has 1 amide bonds. The summed E-state index contributed by atoms with van der Waals surface area (Å²) in [7, 11) is 3.44. The third kappa shape index (κ3) is 5.44. The molecule has 4 N–H and O–H groups in total. The van der Waals surface area contributed by atoms with E-state index >= 15 is 0 Å². The molecule has 1 aromatic carbocycles. The molecule has 7 heteroatoms. The van der Waals surface area contributed by atoms with E-state index in [0.29, 0.717) is 12.5 Å².